The molecule has 4 nitrogen and oxygen atoms in total. The van der Waals surface area contributed by atoms with Crippen molar-refractivity contribution < 1.29 is 4.74 Å². The molecule has 0 N–H and O–H groups in total. The molecule has 0 radical (unpaired) electrons. The first-order chi connectivity index (χ1) is 14.3. The van der Waals surface area contributed by atoms with Crippen molar-refractivity contribution in [2.75, 3.05) is 18.1 Å². The maximum absolute atomic E-state index is 5.88. The fourth-order valence-corrected chi connectivity index (χ4v) is 4.24. The molecule has 0 aliphatic carbocycles. The van der Waals surface area contributed by atoms with Crippen LogP contribution in [0.3, 0.4) is 0 Å². The molecular weight excluding hydrogens is 386 g/mol. The maximum atomic E-state index is 5.88. The summed E-state index contributed by atoms with van der Waals surface area (Å²) in [4.78, 5) is 2.34. The Morgan fingerprint density at radius 3 is 2.33 bits per heavy atom. The zero-order chi connectivity index (χ0) is 21.7. The van der Waals surface area contributed by atoms with Crippen LogP contribution in [-0.4, -0.2) is 31.0 Å². The summed E-state index contributed by atoms with van der Waals surface area (Å²) in [5.74, 6) is 0. The average molecular weight is 422 g/mol. The highest BCUT2D eigenvalue weighted by molar-refractivity contribution is 6.76. The number of ether oxygens (including phenoxy) is 1. The van der Waals surface area contributed by atoms with Crippen molar-refractivity contribution in [3.63, 3.8) is 0 Å². The van der Waals surface area contributed by atoms with Crippen molar-refractivity contribution in [1.29, 1.82) is 0 Å². The highest BCUT2D eigenvalue weighted by atomic mass is 28.3. The molecule has 3 aromatic rings. The number of benzene rings is 2. The molecule has 0 atom stereocenters. The Hall–Kier alpha value is -2.37. The minimum atomic E-state index is -1.06. The zero-order valence-corrected chi connectivity index (χ0v) is 20.3. The zero-order valence-electron chi connectivity index (χ0n) is 19.3. The number of rotatable bonds is 9. The van der Waals surface area contributed by atoms with E-state index in [2.05, 4.69) is 99.9 Å². The van der Waals surface area contributed by atoms with Crippen molar-refractivity contribution >= 4 is 19.4 Å². The molecule has 0 bridgehead atoms. The van der Waals surface area contributed by atoms with Crippen molar-refractivity contribution in [2.24, 2.45) is 0 Å². The number of anilines is 2. The Morgan fingerprint density at radius 1 is 1.00 bits per heavy atom. The smallest absolute Gasteiger partial charge is 0.139 e. The quantitative estimate of drug-likeness (QED) is 0.287. The van der Waals surface area contributed by atoms with Crippen LogP contribution in [-0.2, 0) is 11.5 Å². The van der Waals surface area contributed by atoms with E-state index in [4.69, 9.17) is 9.84 Å². The van der Waals surface area contributed by atoms with E-state index in [1.54, 1.807) is 0 Å². The highest BCUT2D eigenvalue weighted by Crippen LogP contribution is 2.30. The lowest BCUT2D eigenvalue weighted by Gasteiger charge is -2.25. The maximum Gasteiger partial charge on any atom is 0.139 e. The van der Waals surface area contributed by atoms with Crippen LogP contribution in [0.2, 0.25) is 25.7 Å². The van der Waals surface area contributed by atoms with Crippen LogP contribution in [0.4, 0.5) is 11.4 Å². The van der Waals surface area contributed by atoms with Crippen LogP contribution in [0.1, 0.15) is 18.2 Å². The van der Waals surface area contributed by atoms with Crippen LogP contribution in [0, 0.1) is 13.8 Å². The largest absolute Gasteiger partial charge is 0.360 e. The van der Waals surface area contributed by atoms with E-state index < -0.39 is 8.07 Å². The molecule has 0 fully saturated rings. The molecule has 0 aliphatic heterocycles. The lowest BCUT2D eigenvalue weighted by atomic mass is 10.1. The SMILES string of the molecule is CCN(c1ccc(-c2cc(C)n(COCC[Si](C)(C)C)n2)cc1)c1ccccc1C. The van der Waals surface area contributed by atoms with Gasteiger partial charge >= 0.3 is 0 Å². The van der Waals surface area contributed by atoms with Crippen molar-refractivity contribution in [2.45, 2.75) is 53.2 Å². The fourth-order valence-electron chi connectivity index (χ4n) is 3.48. The van der Waals surface area contributed by atoms with E-state index >= 15 is 0 Å². The summed E-state index contributed by atoms with van der Waals surface area (Å²) >= 11 is 0. The number of para-hydroxylation sites is 1. The van der Waals surface area contributed by atoms with E-state index in [1.807, 2.05) is 4.68 Å². The first-order valence-electron chi connectivity index (χ1n) is 10.8. The molecule has 0 amide bonds. The van der Waals surface area contributed by atoms with E-state index in [9.17, 15) is 0 Å². The molecule has 0 saturated carbocycles. The normalized spacial score (nSPS) is 11.7. The Morgan fingerprint density at radius 2 is 1.70 bits per heavy atom. The lowest BCUT2D eigenvalue weighted by Crippen LogP contribution is -2.22. The van der Waals surface area contributed by atoms with Gasteiger partial charge in [-0.2, -0.15) is 5.10 Å². The van der Waals surface area contributed by atoms with Gasteiger partial charge in [-0.1, -0.05) is 50.0 Å². The van der Waals surface area contributed by atoms with E-state index in [-0.39, 0.29) is 0 Å². The summed E-state index contributed by atoms with van der Waals surface area (Å²) in [6.45, 7) is 15.8. The fraction of sp³-hybridized carbons (Fsp3) is 0.400. The van der Waals surface area contributed by atoms with Crippen molar-refractivity contribution in [3.8, 4) is 11.3 Å². The number of hydrogen-bond acceptors (Lipinski definition) is 3. The Labute approximate surface area is 182 Å². The molecule has 3 rings (SSSR count). The van der Waals surface area contributed by atoms with Crippen LogP contribution in [0.25, 0.3) is 11.3 Å². The predicted octanol–water partition coefficient (Wildman–Crippen LogP) is 6.64. The summed E-state index contributed by atoms with van der Waals surface area (Å²) in [7, 11) is -1.06. The second-order valence-corrected chi connectivity index (χ2v) is 14.7. The first-order valence-corrected chi connectivity index (χ1v) is 14.5. The molecule has 2 aromatic carbocycles. The van der Waals surface area contributed by atoms with Gasteiger partial charge in [-0.25, -0.2) is 4.68 Å². The first kappa shape index (κ1) is 22.3. The van der Waals surface area contributed by atoms with Crippen molar-refractivity contribution in [3.05, 3.63) is 65.9 Å². The number of aryl methyl sites for hydroxylation is 2. The van der Waals surface area contributed by atoms with Gasteiger partial charge in [-0.05, 0) is 56.6 Å². The molecule has 160 valence electrons. The number of aromatic nitrogens is 2. The summed E-state index contributed by atoms with van der Waals surface area (Å²) in [5.41, 5.74) is 6.98. The van der Waals surface area contributed by atoms with Crippen LogP contribution in [0.5, 0.6) is 0 Å². The minimum Gasteiger partial charge on any atom is -0.360 e. The third-order valence-corrected chi connectivity index (χ3v) is 7.09. The molecule has 1 aromatic heterocycles. The second kappa shape index (κ2) is 9.62. The van der Waals surface area contributed by atoms with E-state index in [0.717, 1.165) is 30.1 Å². The monoisotopic (exact) mass is 421 g/mol. The van der Waals surface area contributed by atoms with Gasteiger partial charge < -0.3 is 9.64 Å². The summed E-state index contributed by atoms with van der Waals surface area (Å²) in [5, 5.41) is 4.77. The van der Waals surface area contributed by atoms with Crippen LogP contribution < -0.4 is 4.90 Å². The molecule has 0 aliphatic rings. The van der Waals surface area contributed by atoms with Gasteiger partial charge in [0.15, 0.2) is 0 Å². The van der Waals surface area contributed by atoms with Gasteiger partial charge in [0, 0.05) is 43.9 Å². The van der Waals surface area contributed by atoms with Gasteiger partial charge in [0.1, 0.15) is 6.73 Å². The molecule has 0 saturated heterocycles. The number of nitrogens with zero attached hydrogens (tertiary/aromatic N) is 3. The predicted molar refractivity (Wildman–Crippen MR) is 130 cm³/mol. The average Bonchev–Trinajstić information content (AvgIpc) is 3.08. The van der Waals surface area contributed by atoms with Gasteiger partial charge in [0.05, 0.1) is 5.69 Å². The van der Waals surface area contributed by atoms with Gasteiger partial charge in [-0.15, -0.1) is 0 Å². The highest BCUT2D eigenvalue weighted by Gasteiger charge is 2.13. The standard InChI is InChI=1S/C25H35N3OSi/c1-7-27(25-11-9-8-10-20(25)2)23-14-12-22(13-15-23)24-18-21(3)28(26-24)19-29-16-17-30(4,5)6/h8-15,18H,7,16-17,19H2,1-6H3. The lowest BCUT2D eigenvalue weighted by molar-refractivity contribution is 0.0773. The Kier molecular flexibility index (Phi) is 7.16. The minimum absolute atomic E-state index is 0.519. The molecule has 30 heavy (non-hydrogen) atoms. The molecular formula is C25H35N3OSi. The van der Waals surface area contributed by atoms with Crippen molar-refractivity contribution in [1.82, 2.24) is 9.78 Å². The summed E-state index contributed by atoms with van der Waals surface area (Å²) in [6, 6.07) is 20.5. The van der Waals surface area contributed by atoms with Crippen LogP contribution >= 0.6 is 0 Å². The second-order valence-electron chi connectivity index (χ2n) is 9.10. The van der Waals surface area contributed by atoms with Gasteiger partial charge in [-0.3, -0.25) is 0 Å². The van der Waals surface area contributed by atoms with E-state index in [1.165, 1.54) is 23.0 Å². The molecule has 1 heterocycles. The Balaban J connectivity index is 1.71. The molecule has 0 spiro atoms. The van der Waals surface area contributed by atoms with Gasteiger partial charge in [0.25, 0.3) is 0 Å². The summed E-state index contributed by atoms with van der Waals surface area (Å²) < 4.78 is 7.84. The number of hydrogen-bond donors (Lipinski definition) is 0. The van der Waals surface area contributed by atoms with Gasteiger partial charge in [0.2, 0.25) is 0 Å². The Bertz CT molecular complexity index is 957. The van der Waals surface area contributed by atoms with E-state index in [0.29, 0.717) is 6.73 Å². The topological polar surface area (TPSA) is 30.3 Å². The third-order valence-electron chi connectivity index (χ3n) is 5.39. The third kappa shape index (κ3) is 5.61. The van der Waals surface area contributed by atoms with Crippen LogP contribution in [0.15, 0.2) is 54.6 Å². The summed E-state index contributed by atoms with van der Waals surface area (Å²) in [6.07, 6.45) is 0. The molecule has 0 unspecified atom stereocenters. The molecule has 5 heteroatoms.